The van der Waals surface area contributed by atoms with Crippen molar-refractivity contribution in [3.8, 4) is 0 Å². The van der Waals surface area contributed by atoms with Crippen LogP contribution >= 0.6 is 0 Å². The molecule has 2 aromatic rings. The van der Waals surface area contributed by atoms with Gasteiger partial charge in [0.2, 0.25) is 5.95 Å². The van der Waals surface area contributed by atoms with Crippen LogP contribution in [0.25, 0.3) is 0 Å². The Morgan fingerprint density at radius 2 is 1.77 bits per heavy atom. The number of aromatic nitrogens is 2. The molecule has 2 heterocycles. The molecule has 0 amide bonds. The van der Waals surface area contributed by atoms with Crippen molar-refractivity contribution in [3.05, 3.63) is 54.4 Å². The minimum absolute atomic E-state index is 0.493. The van der Waals surface area contributed by atoms with Crippen molar-refractivity contribution < 1.29 is 0 Å². The molecule has 1 N–H and O–H groups in total. The lowest BCUT2D eigenvalue weighted by Gasteiger charge is -2.36. The summed E-state index contributed by atoms with van der Waals surface area (Å²) in [6.07, 6.45) is 4.69. The van der Waals surface area contributed by atoms with Crippen LogP contribution in [0.15, 0.2) is 53.8 Å². The number of anilines is 1. The Kier molecular flexibility index (Phi) is 6.41. The molecule has 1 aromatic carbocycles. The topological polar surface area (TPSA) is 56.7 Å². The summed E-state index contributed by atoms with van der Waals surface area (Å²) >= 11 is 0. The van der Waals surface area contributed by atoms with Crippen molar-refractivity contribution in [2.75, 3.05) is 44.7 Å². The molecule has 1 aromatic heterocycles. The SMILES string of the molecule is CCC(CNC(=NC)N1CCN(c2ncccn2)CC1)c1ccccc1. The Morgan fingerprint density at radius 3 is 2.38 bits per heavy atom. The smallest absolute Gasteiger partial charge is 0.225 e. The van der Waals surface area contributed by atoms with E-state index in [1.807, 2.05) is 13.1 Å². The second-order valence-electron chi connectivity index (χ2n) is 6.47. The molecular weight excluding hydrogens is 324 g/mol. The van der Waals surface area contributed by atoms with Crippen LogP contribution in [0.4, 0.5) is 5.95 Å². The van der Waals surface area contributed by atoms with Gasteiger partial charge >= 0.3 is 0 Å². The maximum atomic E-state index is 4.49. The van der Waals surface area contributed by atoms with Gasteiger partial charge in [-0.1, -0.05) is 37.3 Å². The third kappa shape index (κ3) is 4.50. The summed E-state index contributed by atoms with van der Waals surface area (Å²) in [7, 11) is 1.86. The van der Waals surface area contributed by atoms with Gasteiger partial charge in [0.1, 0.15) is 0 Å². The summed E-state index contributed by atoms with van der Waals surface area (Å²) in [6.45, 7) is 6.78. The fourth-order valence-corrected chi connectivity index (χ4v) is 3.34. The van der Waals surface area contributed by atoms with Crippen molar-refractivity contribution in [1.29, 1.82) is 0 Å². The molecule has 6 nitrogen and oxygen atoms in total. The number of nitrogens with zero attached hydrogens (tertiary/aromatic N) is 5. The van der Waals surface area contributed by atoms with Gasteiger partial charge in [0, 0.05) is 58.1 Å². The number of aliphatic imine (C=N–C) groups is 1. The summed E-state index contributed by atoms with van der Waals surface area (Å²) in [5.41, 5.74) is 1.38. The lowest BCUT2D eigenvalue weighted by molar-refractivity contribution is 0.368. The second-order valence-corrected chi connectivity index (χ2v) is 6.47. The zero-order valence-corrected chi connectivity index (χ0v) is 15.7. The van der Waals surface area contributed by atoms with Crippen molar-refractivity contribution >= 4 is 11.9 Å². The Labute approximate surface area is 156 Å². The first-order valence-electron chi connectivity index (χ1n) is 9.34. The average Bonchev–Trinajstić information content (AvgIpc) is 2.73. The first-order chi connectivity index (χ1) is 12.8. The van der Waals surface area contributed by atoms with E-state index >= 15 is 0 Å². The van der Waals surface area contributed by atoms with Crippen LogP contribution in [0.2, 0.25) is 0 Å². The highest BCUT2D eigenvalue weighted by molar-refractivity contribution is 5.80. The number of piperazine rings is 1. The lowest BCUT2D eigenvalue weighted by atomic mass is 9.96. The predicted octanol–water partition coefficient (Wildman–Crippen LogP) is 2.37. The average molecular weight is 352 g/mol. The first kappa shape index (κ1) is 18.2. The van der Waals surface area contributed by atoms with Crippen LogP contribution in [-0.2, 0) is 0 Å². The number of rotatable bonds is 5. The van der Waals surface area contributed by atoms with Crippen molar-refractivity contribution in [1.82, 2.24) is 20.2 Å². The molecule has 0 bridgehead atoms. The summed E-state index contributed by atoms with van der Waals surface area (Å²) in [6, 6.07) is 12.5. The normalized spacial score (nSPS) is 16.5. The third-order valence-electron chi connectivity index (χ3n) is 4.90. The van der Waals surface area contributed by atoms with Gasteiger partial charge in [0.25, 0.3) is 0 Å². The van der Waals surface area contributed by atoms with Crippen LogP contribution in [0.1, 0.15) is 24.8 Å². The van der Waals surface area contributed by atoms with Crippen molar-refractivity contribution in [3.63, 3.8) is 0 Å². The molecule has 0 aliphatic carbocycles. The van der Waals surface area contributed by atoms with Gasteiger partial charge in [-0.2, -0.15) is 0 Å². The third-order valence-corrected chi connectivity index (χ3v) is 4.90. The number of hydrogen-bond acceptors (Lipinski definition) is 4. The summed E-state index contributed by atoms with van der Waals surface area (Å²) in [5, 5.41) is 3.57. The molecule has 3 rings (SSSR count). The van der Waals surface area contributed by atoms with E-state index in [9.17, 15) is 0 Å². The number of benzene rings is 1. The van der Waals surface area contributed by atoms with Gasteiger partial charge in [0.15, 0.2) is 5.96 Å². The van der Waals surface area contributed by atoms with E-state index in [1.165, 1.54) is 5.56 Å². The van der Waals surface area contributed by atoms with Gasteiger partial charge in [0.05, 0.1) is 0 Å². The maximum absolute atomic E-state index is 4.49. The van der Waals surface area contributed by atoms with E-state index in [2.05, 4.69) is 67.3 Å². The monoisotopic (exact) mass is 352 g/mol. The molecule has 1 aliphatic heterocycles. The summed E-state index contributed by atoms with van der Waals surface area (Å²) in [4.78, 5) is 17.7. The van der Waals surface area contributed by atoms with E-state index in [-0.39, 0.29) is 0 Å². The van der Waals surface area contributed by atoms with Gasteiger partial charge in [-0.3, -0.25) is 4.99 Å². The van der Waals surface area contributed by atoms with E-state index < -0.39 is 0 Å². The molecular formula is C20H28N6. The Bertz CT molecular complexity index is 680. The zero-order valence-electron chi connectivity index (χ0n) is 15.7. The summed E-state index contributed by atoms with van der Waals surface area (Å²) < 4.78 is 0. The molecule has 0 spiro atoms. The highest BCUT2D eigenvalue weighted by Crippen LogP contribution is 2.18. The predicted molar refractivity (Wildman–Crippen MR) is 107 cm³/mol. The van der Waals surface area contributed by atoms with E-state index in [0.29, 0.717) is 5.92 Å². The fraction of sp³-hybridized carbons (Fsp3) is 0.450. The lowest BCUT2D eigenvalue weighted by Crippen LogP contribution is -2.53. The minimum Gasteiger partial charge on any atom is -0.356 e. The summed E-state index contributed by atoms with van der Waals surface area (Å²) in [5.74, 6) is 2.28. The van der Waals surface area contributed by atoms with E-state index in [4.69, 9.17) is 0 Å². The van der Waals surface area contributed by atoms with Crippen LogP contribution in [0.5, 0.6) is 0 Å². The molecule has 1 saturated heterocycles. The molecule has 1 unspecified atom stereocenters. The Hall–Kier alpha value is -2.63. The number of hydrogen-bond donors (Lipinski definition) is 1. The molecule has 0 radical (unpaired) electrons. The quantitative estimate of drug-likeness (QED) is 0.661. The number of nitrogens with one attached hydrogen (secondary N) is 1. The minimum atomic E-state index is 0.493. The number of guanidine groups is 1. The maximum Gasteiger partial charge on any atom is 0.225 e. The van der Waals surface area contributed by atoms with Crippen molar-refractivity contribution in [2.24, 2.45) is 4.99 Å². The van der Waals surface area contributed by atoms with Crippen LogP contribution in [-0.4, -0.2) is 60.6 Å². The van der Waals surface area contributed by atoms with Crippen molar-refractivity contribution in [2.45, 2.75) is 19.3 Å². The van der Waals surface area contributed by atoms with Crippen LogP contribution in [0, 0.1) is 0 Å². The molecule has 6 heteroatoms. The largest absolute Gasteiger partial charge is 0.356 e. The standard InChI is InChI=1S/C20H28N6/c1-3-17(18-8-5-4-6-9-18)16-24-19(21-2)25-12-14-26(15-13-25)20-22-10-7-11-23-20/h4-11,17H,3,12-16H2,1-2H3,(H,21,24). The van der Waals surface area contributed by atoms with Crippen LogP contribution in [0.3, 0.4) is 0 Å². The van der Waals surface area contributed by atoms with E-state index in [1.54, 1.807) is 12.4 Å². The highest BCUT2D eigenvalue weighted by atomic mass is 15.4. The Morgan fingerprint density at radius 1 is 1.08 bits per heavy atom. The molecule has 1 atom stereocenters. The van der Waals surface area contributed by atoms with E-state index in [0.717, 1.165) is 51.1 Å². The van der Waals surface area contributed by atoms with Crippen LogP contribution < -0.4 is 10.2 Å². The molecule has 0 saturated carbocycles. The zero-order chi connectivity index (χ0) is 18.2. The van der Waals surface area contributed by atoms with Gasteiger partial charge in [-0.05, 0) is 18.1 Å². The molecule has 138 valence electrons. The fourth-order valence-electron chi connectivity index (χ4n) is 3.34. The van der Waals surface area contributed by atoms with Gasteiger partial charge in [-0.25, -0.2) is 9.97 Å². The highest BCUT2D eigenvalue weighted by Gasteiger charge is 2.21. The molecule has 26 heavy (non-hydrogen) atoms. The Balaban J connectivity index is 1.53. The first-order valence-corrected chi connectivity index (χ1v) is 9.34. The second kappa shape index (κ2) is 9.17. The van der Waals surface area contributed by atoms with Gasteiger partial charge in [-0.15, -0.1) is 0 Å². The van der Waals surface area contributed by atoms with Gasteiger partial charge < -0.3 is 15.1 Å². The molecule has 1 aliphatic rings. The molecule has 1 fully saturated rings.